The molecule has 12 heteroatoms. The van der Waals surface area contributed by atoms with Crippen molar-refractivity contribution in [2.75, 3.05) is 19.0 Å². The number of nitro benzene ring substituents is 1. The lowest BCUT2D eigenvalue weighted by atomic mass is 9.80. The van der Waals surface area contributed by atoms with E-state index in [1.165, 1.54) is 18.2 Å². The Morgan fingerprint density at radius 1 is 1.22 bits per heavy atom. The number of carbonyl (C=O) groups is 2. The topological polar surface area (TPSA) is 159 Å². The highest BCUT2D eigenvalue weighted by atomic mass is 35.5. The number of nitrogens with one attached hydrogen (secondary N) is 1. The third-order valence-electron chi connectivity index (χ3n) is 4.43. The number of nitro groups is 1. The SMILES string of the molecule is CCOC(=O)C1=C(C)NC(CSC(N)=[NH2+])=C(C(=O)OCC)C1c1cccc([N+](=O)[O-])c1.[Cl-]. The maximum absolute atomic E-state index is 13.0. The number of allylic oxidation sites excluding steroid dienone is 1. The van der Waals surface area contributed by atoms with E-state index >= 15 is 0 Å². The van der Waals surface area contributed by atoms with Crippen LogP contribution in [0.1, 0.15) is 32.3 Å². The third-order valence-corrected chi connectivity index (χ3v) is 5.20. The van der Waals surface area contributed by atoms with Crippen molar-refractivity contribution in [3.8, 4) is 0 Å². The molecule has 1 aromatic rings. The molecule has 0 fully saturated rings. The Morgan fingerprint density at radius 3 is 2.34 bits per heavy atom. The average Bonchev–Trinajstić information content (AvgIpc) is 2.71. The van der Waals surface area contributed by atoms with Crippen LogP contribution in [0.4, 0.5) is 5.69 Å². The van der Waals surface area contributed by atoms with Gasteiger partial charge in [-0.3, -0.25) is 21.3 Å². The Morgan fingerprint density at radius 2 is 1.81 bits per heavy atom. The fourth-order valence-electron chi connectivity index (χ4n) is 3.25. The number of thioether (sulfide) groups is 1. The highest BCUT2D eigenvalue weighted by Gasteiger charge is 2.39. The second-order valence-corrected chi connectivity index (χ2v) is 7.52. The van der Waals surface area contributed by atoms with Gasteiger partial charge in [-0.2, -0.15) is 0 Å². The van der Waals surface area contributed by atoms with Crippen molar-refractivity contribution in [2.45, 2.75) is 26.7 Å². The monoisotopic (exact) mass is 484 g/mol. The summed E-state index contributed by atoms with van der Waals surface area (Å²) in [5.41, 5.74) is 6.99. The first-order chi connectivity index (χ1) is 14.7. The quantitative estimate of drug-likeness (QED) is 0.122. The molecule has 1 aliphatic heterocycles. The molecule has 0 bridgehead atoms. The van der Waals surface area contributed by atoms with Gasteiger partial charge < -0.3 is 27.2 Å². The van der Waals surface area contributed by atoms with Crippen LogP contribution in [0.3, 0.4) is 0 Å². The van der Waals surface area contributed by atoms with E-state index < -0.39 is 22.8 Å². The second kappa shape index (κ2) is 12.1. The van der Waals surface area contributed by atoms with Crippen molar-refractivity contribution in [3.63, 3.8) is 0 Å². The van der Waals surface area contributed by atoms with E-state index in [1.807, 2.05) is 0 Å². The zero-order valence-electron chi connectivity index (χ0n) is 17.8. The second-order valence-electron chi connectivity index (χ2n) is 6.47. The molecule has 1 heterocycles. The third kappa shape index (κ3) is 6.24. The molecule has 1 unspecified atom stereocenters. The van der Waals surface area contributed by atoms with E-state index in [0.29, 0.717) is 17.0 Å². The summed E-state index contributed by atoms with van der Waals surface area (Å²) in [5.74, 6) is -2.03. The summed E-state index contributed by atoms with van der Waals surface area (Å²) in [6.07, 6.45) is 0. The van der Waals surface area contributed by atoms with Gasteiger partial charge in [0.1, 0.15) is 0 Å². The molecule has 174 valence electrons. The van der Waals surface area contributed by atoms with Crippen molar-refractivity contribution in [3.05, 3.63) is 62.5 Å². The summed E-state index contributed by atoms with van der Waals surface area (Å²) < 4.78 is 10.5. The van der Waals surface area contributed by atoms with Crippen molar-refractivity contribution >= 4 is 34.6 Å². The number of halogens is 1. The minimum Gasteiger partial charge on any atom is -1.00 e. The van der Waals surface area contributed by atoms with Gasteiger partial charge >= 0.3 is 11.9 Å². The number of nitrogens with two attached hydrogens (primary N) is 2. The maximum Gasteiger partial charge on any atom is 0.336 e. The van der Waals surface area contributed by atoms with Crippen LogP contribution < -0.4 is 28.9 Å². The lowest BCUT2D eigenvalue weighted by Gasteiger charge is -2.31. The van der Waals surface area contributed by atoms with Crippen molar-refractivity contribution in [1.82, 2.24) is 5.32 Å². The molecule has 0 saturated carbocycles. The van der Waals surface area contributed by atoms with Crippen molar-refractivity contribution < 1.29 is 41.8 Å². The molecule has 0 amide bonds. The van der Waals surface area contributed by atoms with E-state index in [4.69, 9.17) is 20.6 Å². The van der Waals surface area contributed by atoms with Crippen molar-refractivity contribution in [2.24, 2.45) is 5.73 Å². The molecule has 32 heavy (non-hydrogen) atoms. The molecule has 0 aliphatic carbocycles. The van der Waals surface area contributed by atoms with Crippen LogP contribution in [0.2, 0.25) is 0 Å². The first-order valence-corrected chi connectivity index (χ1v) is 10.5. The number of hydrogen-bond acceptors (Lipinski definition) is 8. The van der Waals surface area contributed by atoms with Gasteiger partial charge in [-0.1, -0.05) is 12.1 Å². The fraction of sp³-hybridized carbons (Fsp3) is 0.350. The minimum atomic E-state index is -0.936. The molecule has 10 nitrogen and oxygen atoms in total. The summed E-state index contributed by atoms with van der Waals surface area (Å²) in [6, 6.07) is 5.77. The molecule has 0 radical (unpaired) electrons. The molecule has 0 spiro atoms. The zero-order chi connectivity index (χ0) is 23.1. The van der Waals surface area contributed by atoms with Gasteiger partial charge in [0.05, 0.1) is 35.2 Å². The Labute approximate surface area is 195 Å². The minimum absolute atomic E-state index is 0. The lowest BCUT2D eigenvalue weighted by molar-refractivity contribution is -0.384. The van der Waals surface area contributed by atoms with Gasteiger partial charge in [0.25, 0.3) is 10.9 Å². The molecule has 1 aromatic carbocycles. The molecule has 2 rings (SSSR count). The first kappa shape index (κ1) is 27.0. The summed E-state index contributed by atoms with van der Waals surface area (Å²) >= 11 is 1.10. The Kier molecular flexibility index (Phi) is 10.2. The van der Waals surface area contributed by atoms with Crippen LogP contribution in [0.25, 0.3) is 0 Å². The molecule has 1 aliphatic rings. The Hall–Kier alpha value is -3.05. The number of rotatable bonds is 8. The van der Waals surface area contributed by atoms with Crippen LogP contribution in [0.5, 0.6) is 0 Å². The largest absolute Gasteiger partial charge is 1.00 e. The number of non-ortho nitro benzene ring substituents is 1. The number of benzene rings is 1. The predicted molar refractivity (Wildman–Crippen MR) is 116 cm³/mol. The standard InChI is InChI=1S/C20H24N4O6S.ClH/c1-4-29-18(25)15-11(3)23-14(10-31-20(21)22)17(19(26)30-5-2)16(15)12-7-6-8-13(9-12)24(27)28;/h6-9,16,23H,4-5,10H2,1-3H3,(H3,21,22);1H. The van der Waals surface area contributed by atoms with Gasteiger partial charge in [0, 0.05) is 29.3 Å². The summed E-state index contributed by atoms with van der Waals surface area (Å²) in [4.78, 5) is 36.6. The van der Waals surface area contributed by atoms with Crippen LogP contribution >= 0.6 is 11.8 Å². The van der Waals surface area contributed by atoms with E-state index in [9.17, 15) is 19.7 Å². The van der Waals surface area contributed by atoms with E-state index in [2.05, 4.69) is 5.32 Å². The number of esters is 2. The normalized spacial score (nSPS) is 15.4. The van der Waals surface area contributed by atoms with Crippen LogP contribution in [0.15, 0.2) is 46.8 Å². The predicted octanol–water partition coefficient (Wildman–Crippen LogP) is -2.25. The Bertz CT molecular complexity index is 979. The van der Waals surface area contributed by atoms with Crippen LogP contribution in [0, 0.1) is 10.1 Å². The van der Waals surface area contributed by atoms with Gasteiger partial charge in [0.2, 0.25) is 0 Å². The molecule has 0 saturated heterocycles. The number of carbonyl (C=O) groups excluding carboxylic acids is 2. The smallest absolute Gasteiger partial charge is 0.336 e. The summed E-state index contributed by atoms with van der Waals surface area (Å²) in [6.45, 7) is 5.21. The van der Waals surface area contributed by atoms with Gasteiger partial charge in [0.15, 0.2) is 0 Å². The number of amidine groups is 1. The molecule has 5 N–H and O–H groups in total. The van der Waals surface area contributed by atoms with Crippen molar-refractivity contribution in [1.29, 1.82) is 0 Å². The molecular weight excluding hydrogens is 460 g/mol. The van der Waals surface area contributed by atoms with E-state index in [0.717, 1.165) is 11.8 Å². The molecular formula is C20H25ClN4O6S. The van der Waals surface area contributed by atoms with Gasteiger partial charge in [-0.05, 0) is 38.1 Å². The fourth-order valence-corrected chi connectivity index (χ4v) is 3.79. The average molecular weight is 485 g/mol. The van der Waals surface area contributed by atoms with Crippen LogP contribution in [-0.2, 0) is 19.1 Å². The van der Waals surface area contributed by atoms with E-state index in [1.54, 1.807) is 26.8 Å². The van der Waals surface area contributed by atoms with Gasteiger partial charge in [-0.15, -0.1) is 0 Å². The highest BCUT2D eigenvalue weighted by Crippen LogP contribution is 2.40. The molecule has 0 aromatic heterocycles. The van der Waals surface area contributed by atoms with Crippen LogP contribution in [-0.4, -0.2) is 41.0 Å². The zero-order valence-corrected chi connectivity index (χ0v) is 19.4. The number of ether oxygens (including phenoxy) is 2. The molecule has 1 atom stereocenters. The first-order valence-electron chi connectivity index (χ1n) is 9.51. The number of nitrogens with zero attached hydrogens (tertiary/aromatic N) is 1. The number of hydrogen-bond donors (Lipinski definition) is 3. The maximum atomic E-state index is 13.0. The summed E-state index contributed by atoms with van der Waals surface area (Å²) in [5, 5.41) is 20.1. The summed E-state index contributed by atoms with van der Waals surface area (Å²) in [7, 11) is 0. The highest BCUT2D eigenvalue weighted by molar-refractivity contribution is 8.13. The lowest BCUT2D eigenvalue weighted by Crippen LogP contribution is -3.00. The Balaban J connectivity index is 0.00000512. The number of dihydropyridines is 1. The van der Waals surface area contributed by atoms with Gasteiger partial charge in [-0.25, -0.2) is 9.59 Å². The van der Waals surface area contributed by atoms with E-state index in [-0.39, 0.29) is 53.4 Å².